The molecule has 0 aliphatic heterocycles. The van der Waals surface area contributed by atoms with Gasteiger partial charge in [0.05, 0.1) is 0 Å². The van der Waals surface area contributed by atoms with Crippen LogP contribution in [0.15, 0.2) is 270 Å². The fourth-order valence-corrected chi connectivity index (χ4v) is 10.2. The lowest BCUT2D eigenvalue weighted by atomic mass is 9.83. The average Bonchev–Trinajstić information content (AvgIpc) is 4.00. The van der Waals surface area contributed by atoms with Gasteiger partial charge in [-0.25, -0.2) is 0 Å². The van der Waals surface area contributed by atoms with Crippen molar-refractivity contribution in [2.45, 2.75) is 5.92 Å². The quantitative estimate of drug-likeness (QED) is 0.135. The van der Waals surface area contributed by atoms with E-state index < -0.39 is 0 Å². The lowest BCUT2D eigenvalue weighted by Crippen LogP contribution is -2.03. The molecule has 0 saturated heterocycles. The van der Waals surface area contributed by atoms with Crippen LogP contribution < -0.4 is 0 Å². The van der Waals surface area contributed by atoms with Crippen LogP contribution in [0, 0.1) is 0 Å². The molecule has 0 radical (unpaired) electrons. The third kappa shape index (κ3) is 7.59. The Morgan fingerprint density at radius 1 is 0.188 bits per heavy atom. The molecule has 13 rings (SSSR count). The molecule has 2 aromatic heterocycles. The summed E-state index contributed by atoms with van der Waals surface area (Å²) in [6.45, 7) is 0. The lowest BCUT2D eigenvalue weighted by molar-refractivity contribution is 0.668. The molecule has 324 valence electrons. The number of fused-ring (bicyclic) bond motifs is 6. The third-order valence-electron chi connectivity index (χ3n) is 13.9. The van der Waals surface area contributed by atoms with Gasteiger partial charge in [0.15, 0.2) is 0 Å². The van der Waals surface area contributed by atoms with Crippen molar-refractivity contribution in [1.82, 2.24) is 0 Å². The molecule has 0 bridgehead atoms. The molecule has 0 N–H and O–H groups in total. The van der Waals surface area contributed by atoms with Gasteiger partial charge in [0.25, 0.3) is 0 Å². The molecule has 11 aromatic carbocycles. The van der Waals surface area contributed by atoms with Crippen LogP contribution in [0.1, 0.15) is 22.6 Å². The van der Waals surface area contributed by atoms with Crippen molar-refractivity contribution in [2.24, 2.45) is 0 Å². The van der Waals surface area contributed by atoms with Gasteiger partial charge in [0.2, 0.25) is 0 Å². The molecule has 0 atom stereocenters. The highest BCUT2D eigenvalue weighted by atomic mass is 16.3. The first kappa shape index (κ1) is 40.3. The van der Waals surface area contributed by atoms with Crippen LogP contribution >= 0.6 is 0 Å². The normalized spacial score (nSPS) is 11.6. The number of hydrogen-bond acceptors (Lipinski definition) is 2. The van der Waals surface area contributed by atoms with Crippen molar-refractivity contribution in [3.05, 3.63) is 278 Å². The Morgan fingerprint density at radius 2 is 0.435 bits per heavy atom. The van der Waals surface area contributed by atoms with E-state index in [9.17, 15) is 0 Å². The van der Waals surface area contributed by atoms with Gasteiger partial charge in [-0.15, -0.1) is 0 Å². The van der Waals surface area contributed by atoms with Gasteiger partial charge in [0, 0.05) is 27.5 Å². The van der Waals surface area contributed by atoms with Crippen molar-refractivity contribution in [3.8, 4) is 66.8 Å². The van der Waals surface area contributed by atoms with Gasteiger partial charge in [-0.3, -0.25) is 0 Å². The van der Waals surface area contributed by atoms with Crippen molar-refractivity contribution in [1.29, 1.82) is 0 Å². The standard InChI is InChI=1S/C67H44O2/c1-2-8-44(9-3-1)45-14-16-46(17-15-45)49-26-32-54(33-27-49)67(55-34-28-50(29-35-55)47-18-22-52(23-19-47)57-38-40-61-59-10-4-6-12-63(59)68-65(61)42-57)56-36-30-51(31-37-56)48-20-24-53(25-21-48)58-39-41-62-60-11-5-7-13-64(60)69-66(62)43-58/h1-43,67H. The zero-order valence-electron chi connectivity index (χ0n) is 37.7. The number of benzene rings is 11. The first-order valence-electron chi connectivity index (χ1n) is 23.7. The molecule has 2 nitrogen and oxygen atoms in total. The fourth-order valence-electron chi connectivity index (χ4n) is 10.2. The number of para-hydroxylation sites is 2. The Kier molecular flexibility index (Phi) is 9.95. The molecule has 13 aromatic rings. The zero-order valence-corrected chi connectivity index (χ0v) is 37.7. The number of hydrogen-bond donors (Lipinski definition) is 0. The van der Waals surface area contributed by atoms with E-state index in [1.165, 1.54) is 61.2 Å². The van der Waals surface area contributed by atoms with Crippen LogP contribution in [-0.2, 0) is 0 Å². The largest absolute Gasteiger partial charge is 0.456 e. The third-order valence-corrected chi connectivity index (χ3v) is 13.9. The molecule has 0 unspecified atom stereocenters. The van der Waals surface area contributed by atoms with Crippen LogP contribution in [-0.4, -0.2) is 0 Å². The van der Waals surface area contributed by atoms with Crippen LogP contribution in [0.4, 0.5) is 0 Å². The highest BCUT2D eigenvalue weighted by Crippen LogP contribution is 2.38. The second-order valence-corrected chi connectivity index (χ2v) is 18.0. The second-order valence-electron chi connectivity index (χ2n) is 18.0. The maximum Gasteiger partial charge on any atom is 0.136 e. The summed E-state index contributed by atoms with van der Waals surface area (Å²) in [6.07, 6.45) is 0. The summed E-state index contributed by atoms with van der Waals surface area (Å²) in [7, 11) is 0. The van der Waals surface area contributed by atoms with Crippen LogP contribution in [0.25, 0.3) is 111 Å². The highest BCUT2D eigenvalue weighted by Gasteiger charge is 2.19. The van der Waals surface area contributed by atoms with E-state index in [1.54, 1.807) is 0 Å². The van der Waals surface area contributed by atoms with E-state index in [-0.39, 0.29) is 5.92 Å². The summed E-state index contributed by atoms with van der Waals surface area (Å²) >= 11 is 0. The van der Waals surface area contributed by atoms with Gasteiger partial charge in [-0.1, -0.05) is 224 Å². The van der Waals surface area contributed by atoms with Gasteiger partial charge in [-0.05, 0) is 120 Å². The van der Waals surface area contributed by atoms with Gasteiger partial charge in [0.1, 0.15) is 22.3 Å². The molecule has 0 amide bonds. The molecular formula is C67H44O2. The summed E-state index contributed by atoms with van der Waals surface area (Å²) in [5.41, 5.74) is 21.6. The predicted molar refractivity (Wildman–Crippen MR) is 287 cm³/mol. The molecule has 0 fully saturated rings. The summed E-state index contributed by atoms with van der Waals surface area (Å²) in [5, 5.41) is 4.58. The first-order valence-corrected chi connectivity index (χ1v) is 23.7. The molecule has 69 heavy (non-hydrogen) atoms. The summed E-state index contributed by atoms with van der Waals surface area (Å²) in [6, 6.07) is 94.1. The monoisotopic (exact) mass is 880 g/mol. The molecule has 0 aliphatic rings. The van der Waals surface area contributed by atoms with Gasteiger partial charge >= 0.3 is 0 Å². The maximum absolute atomic E-state index is 6.20. The maximum atomic E-state index is 6.20. The van der Waals surface area contributed by atoms with E-state index in [0.29, 0.717) is 0 Å². The Morgan fingerprint density at radius 3 is 0.783 bits per heavy atom. The molecule has 2 heteroatoms. The lowest BCUT2D eigenvalue weighted by Gasteiger charge is -2.20. The summed E-state index contributed by atoms with van der Waals surface area (Å²) in [4.78, 5) is 0. The Hall–Kier alpha value is -8.98. The van der Waals surface area contributed by atoms with E-state index >= 15 is 0 Å². The smallest absolute Gasteiger partial charge is 0.136 e. The highest BCUT2D eigenvalue weighted by molar-refractivity contribution is 6.07. The van der Waals surface area contributed by atoms with Crippen molar-refractivity contribution in [2.75, 3.05) is 0 Å². The Bertz CT molecular complexity index is 3730. The number of furan rings is 2. The first-order chi connectivity index (χ1) is 34.1. The zero-order chi connectivity index (χ0) is 45.7. The molecular weight excluding hydrogens is 837 g/mol. The topological polar surface area (TPSA) is 26.3 Å². The minimum Gasteiger partial charge on any atom is -0.456 e. The van der Waals surface area contributed by atoms with Crippen LogP contribution in [0.2, 0.25) is 0 Å². The summed E-state index contributed by atoms with van der Waals surface area (Å²) < 4.78 is 12.4. The van der Waals surface area contributed by atoms with Crippen molar-refractivity contribution in [3.63, 3.8) is 0 Å². The molecule has 0 aliphatic carbocycles. The van der Waals surface area contributed by atoms with E-state index in [2.05, 4.69) is 237 Å². The summed E-state index contributed by atoms with van der Waals surface area (Å²) in [5.74, 6) is 0.0358. The predicted octanol–water partition coefficient (Wildman–Crippen LogP) is 18.7. The second kappa shape index (κ2) is 17.0. The number of rotatable bonds is 9. The Labute approximate surface area is 401 Å². The minimum absolute atomic E-state index is 0.0358. The van der Waals surface area contributed by atoms with Gasteiger partial charge in [-0.2, -0.15) is 0 Å². The van der Waals surface area contributed by atoms with Crippen LogP contribution in [0.3, 0.4) is 0 Å². The van der Waals surface area contributed by atoms with Gasteiger partial charge < -0.3 is 8.83 Å². The Balaban J connectivity index is 0.789. The van der Waals surface area contributed by atoms with Crippen molar-refractivity contribution >= 4 is 43.9 Å². The van der Waals surface area contributed by atoms with E-state index in [1.807, 2.05) is 24.3 Å². The average molecular weight is 881 g/mol. The molecule has 2 heterocycles. The van der Waals surface area contributed by atoms with Crippen LogP contribution in [0.5, 0.6) is 0 Å². The van der Waals surface area contributed by atoms with E-state index in [4.69, 9.17) is 8.83 Å². The molecule has 0 saturated carbocycles. The van der Waals surface area contributed by atoms with E-state index in [0.717, 1.165) is 66.1 Å². The SMILES string of the molecule is c1ccc(-c2ccc(-c3ccc(C(c4ccc(-c5ccc(-c6ccc7c(c6)oc6ccccc67)cc5)cc4)c4ccc(-c5ccc(-c6ccc7c(c6)oc6ccccc67)cc5)cc4)cc3)cc2)cc1. The fraction of sp³-hybridized carbons (Fsp3) is 0.0149. The minimum atomic E-state index is 0.0358. The molecule has 0 spiro atoms. The van der Waals surface area contributed by atoms with Crippen molar-refractivity contribution < 1.29 is 8.83 Å².